The van der Waals surface area contributed by atoms with E-state index in [0.29, 0.717) is 0 Å². The number of nitrogens with zero attached hydrogens (tertiary/aromatic N) is 2. The van der Waals surface area contributed by atoms with Crippen LogP contribution in [0.25, 0.3) is 0 Å². The third-order valence-corrected chi connectivity index (χ3v) is 2.70. The Morgan fingerprint density at radius 2 is 1.80 bits per heavy atom. The van der Waals surface area contributed by atoms with Crippen molar-refractivity contribution < 1.29 is 13.2 Å². The summed E-state index contributed by atoms with van der Waals surface area (Å²) >= 11 is 0. The van der Waals surface area contributed by atoms with E-state index >= 15 is 0 Å². The maximum absolute atomic E-state index is 13.6. The Balaban J connectivity index is 2.05. The van der Waals surface area contributed by atoms with Gasteiger partial charge in [-0.2, -0.15) is 5.26 Å². The molecule has 0 fully saturated rings. The molecule has 0 aliphatic rings. The summed E-state index contributed by atoms with van der Waals surface area (Å²) in [6, 6.07) is 6.30. The molecule has 0 bridgehead atoms. The van der Waals surface area contributed by atoms with Gasteiger partial charge in [0.15, 0.2) is 0 Å². The second kappa shape index (κ2) is 6.17. The SMILES string of the molecule is N#Cc1cc(F)c(CNCc2ncccc2F)c(F)c1. The second-order valence-corrected chi connectivity index (χ2v) is 4.07. The third kappa shape index (κ3) is 3.13. The van der Waals surface area contributed by atoms with Crippen LogP contribution in [0.1, 0.15) is 16.8 Å². The van der Waals surface area contributed by atoms with Gasteiger partial charge >= 0.3 is 0 Å². The number of benzene rings is 1. The zero-order chi connectivity index (χ0) is 14.5. The fourth-order valence-electron chi connectivity index (χ4n) is 1.69. The number of nitriles is 1. The van der Waals surface area contributed by atoms with Crippen LogP contribution in [0, 0.1) is 28.8 Å². The van der Waals surface area contributed by atoms with Crippen molar-refractivity contribution in [3.63, 3.8) is 0 Å². The summed E-state index contributed by atoms with van der Waals surface area (Å²) in [5.74, 6) is -2.10. The van der Waals surface area contributed by atoms with Crippen molar-refractivity contribution >= 4 is 0 Å². The lowest BCUT2D eigenvalue weighted by molar-refractivity contribution is 0.525. The molecule has 1 aromatic heterocycles. The summed E-state index contributed by atoms with van der Waals surface area (Å²) in [4.78, 5) is 3.81. The predicted molar refractivity (Wildman–Crippen MR) is 65.8 cm³/mol. The van der Waals surface area contributed by atoms with Gasteiger partial charge in [-0.1, -0.05) is 0 Å². The van der Waals surface area contributed by atoms with Gasteiger partial charge in [0, 0.05) is 24.8 Å². The third-order valence-electron chi connectivity index (χ3n) is 2.70. The molecule has 0 saturated carbocycles. The molecule has 0 spiro atoms. The molecule has 102 valence electrons. The highest BCUT2D eigenvalue weighted by Gasteiger charge is 2.11. The molecule has 0 unspecified atom stereocenters. The average Bonchev–Trinajstić information content (AvgIpc) is 2.43. The van der Waals surface area contributed by atoms with Crippen LogP contribution < -0.4 is 5.32 Å². The first-order valence-corrected chi connectivity index (χ1v) is 5.80. The van der Waals surface area contributed by atoms with E-state index in [1.165, 1.54) is 18.3 Å². The first-order valence-electron chi connectivity index (χ1n) is 5.80. The highest BCUT2D eigenvalue weighted by Crippen LogP contribution is 2.15. The highest BCUT2D eigenvalue weighted by atomic mass is 19.1. The maximum atomic E-state index is 13.6. The van der Waals surface area contributed by atoms with E-state index in [1.54, 1.807) is 6.07 Å². The van der Waals surface area contributed by atoms with E-state index in [0.717, 1.165) is 12.1 Å². The molecular formula is C14H10F3N3. The van der Waals surface area contributed by atoms with Gasteiger partial charge < -0.3 is 5.32 Å². The van der Waals surface area contributed by atoms with E-state index in [1.807, 2.05) is 0 Å². The fourth-order valence-corrected chi connectivity index (χ4v) is 1.69. The van der Waals surface area contributed by atoms with E-state index in [2.05, 4.69) is 10.3 Å². The molecule has 0 amide bonds. The Hall–Kier alpha value is -2.39. The van der Waals surface area contributed by atoms with Gasteiger partial charge in [-0.15, -0.1) is 0 Å². The fraction of sp³-hybridized carbons (Fsp3) is 0.143. The van der Waals surface area contributed by atoms with Crippen LogP contribution in [0.15, 0.2) is 30.5 Å². The summed E-state index contributed by atoms with van der Waals surface area (Å²) in [6.07, 6.45) is 1.43. The molecular weight excluding hydrogens is 267 g/mol. The minimum atomic E-state index is -0.810. The Labute approximate surface area is 113 Å². The van der Waals surface area contributed by atoms with Crippen LogP contribution in [0.5, 0.6) is 0 Å². The summed E-state index contributed by atoms with van der Waals surface area (Å²) in [7, 11) is 0. The largest absolute Gasteiger partial charge is 0.307 e. The lowest BCUT2D eigenvalue weighted by Gasteiger charge is -2.08. The Kier molecular flexibility index (Phi) is 4.33. The molecule has 0 aliphatic heterocycles. The normalized spacial score (nSPS) is 10.3. The number of nitrogens with one attached hydrogen (secondary N) is 1. The molecule has 2 aromatic rings. The van der Waals surface area contributed by atoms with Crippen molar-refractivity contribution in [2.45, 2.75) is 13.1 Å². The van der Waals surface area contributed by atoms with Crippen LogP contribution >= 0.6 is 0 Å². The van der Waals surface area contributed by atoms with Crippen molar-refractivity contribution in [1.29, 1.82) is 5.26 Å². The summed E-state index contributed by atoms with van der Waals surface area (Å²) < 4.78 is 40.5. The van der Waals surface area contributed by atoms with Crippen LogP contribution in [-0.2, 0) is 13.1 Å². The molecule has 1 N–H and O–H groups in total. The van der Waals surface area contributed by atoms with Gasteiger partial charge in [-0.05, 0) is 24.3 Å². The van der Waals surface area contributed by atoms with E-state index in [-0.39, 0.29) is 29.9 Å². The van der Waals surface area contributed by atoms with Crippen molar-refractivity contribution in [2.75, 3.05) is 0 Å². The zero-order valence-electron chi connectivity index (χ0n) is 10.3. The van der Waals surface area contributed by atoms with Crippen molar-refractivity contribution in [1.82, 2.24) is 10.3 Å². The van der Waals surface area contributed by atoms with Crippen molar-refractivity contribution in [3.8, 4) is 6.07 Å². The first kappa shape index (κ1) is 14.0. The molecule has 0 aliphatic carbocycles. The average molecular weight is 277 g/mol. The van der Waals surface area contributed by atoms with Crippen LogP contribution in [0.4, 0.5) is 13.2 Å². The smallest absolute Gasteiger partial charge is 0.146 e. The Bertz CT molecular complexity index is 642. The lowest BCUT2D eigenvalue weighted by atomic mass is 10.1. The quantitative estimate of drug-likeness (QED) is 0.934. The molecule has 20 heavy (non-hydrogen) atoms. The number of hydrogen-bond acceptors (Lipinski definition) is 3. The first-order chi connectivity index (χ1) is 9.61. The standard InChI is InChI=1S/C14H10F3N3/c15-11-2-1-3-20-14(11)8-19-7-10-12(16)4-9(6-18)5-13(10)17/h1-5,19H,7-8H2. The minimum absolute atomic E-state index is 0.0472. The van der Waals surface area contributed by atoms with Crippen LogP contribution in [0.2, 0.25) is 0 Å². The van der Waals surface area contributed by atoms with Gasteiger partial charge in [0.05, 0.1) is 17.3 Å². The van der Waals surface area contributed by atoms with Gasteiger partial charge in [0.1, 0.15) is 17.5 Å². The monoisotopic (exact) mass is 277 g/mol. The Morgan fingerprint density at radius 3 is 2.40 bits per heavy atom. The summed E-state index contributed by atoms with van der Waals surface area (Å²) in [5, 5.41) is 11.3. The van der Waals surface area contributed by atoms with Crippen LogP contribution in [-0.4, -0.2) is 4.98 Å². The zero-order valence-corrected chi connectivity index (χ0v) is 10.3. The summed E-state index contributed by atoms with van der Waals surface area (Å²) in [6.45, 7) is -0.0784. The van der Waals surface area contributed by atoms with Crippen molar-refractivity contribution in [3.05, 3.63) is 64.7 Å². The molecule has 0 atom stereocenters. The van der Waals surface area contributed by atoms with Gasteiger partial charge in [0.2, 0.25) is 0 Å². The molecule has 1 heterocycles. The second-order valence-electron chi connectivity index (χ2n) is 4.07. The number of pyridine rings is 1. The lowest BCUT2D eigenvalue weighted by Crippen LogP contribution is -2.17. The summed E-state index contributed by atoms with van der Waals surface area (Å²) in [5.41, 5.74) is -0.109. The molecule has 2 rings (SSSR count). The molecule has 6 heteroatoms. The Morgan fingerprint density at radius 1 is 1.10 bits per heavy atom. The van der Waals surface area contributed by atoms with Gasteiger partial charge in [-0.25, -0.2) is 13.2 Å². The topological polar surface area (TPSA) is 48.7 Å². The highest BCUT2D eigenvalue weighted by molar-refractivity contribution is 5.34. The predicted octanol–water partition coefficient (Wildman–Crippen LogP) is 2.66. The van der Waals surface area contributed by atoms with Gasteiger partial charge in [0.25, 0.3) is 0 Å². The van der Waals surface area contributed by atoms with Crippen molar-refractivity contribution in [2.24, 2.45) is 0 Å². The number of aromatic nitrogens is 1. The molecule has 3 nitrogen and oxygen atoms in total. The van der Waals surface area contributed by atoms with E-state index < -0.39 is 17.5 Å². The van der Waals surface area contributed by atoms with Crippen LogP contribution in [0.3, 0.4) is 0 Å². The minimum Gasteiger partial charge on any atom is -0.307 e. The maximum Gasteiger partial charge on any atom is 0.146 e. The molecule has 1 aromatic carbocycles. The number of halogens is 3. The van der Waals surface area contributed by atoms with Gasteiger partial charge in [-0.3, -0.25) is 4.98 Å². The number of rotatable bonds is 4. The van der Waals surface area contributed by atoms with E-state index in [4.69, 9.17) is 5.26 Å². The molecule has 0 saturated heterocycles. The molecule has 0 radical (unpaired) electrons. The van der Waals surface area contributed by atoms with E-state index in [9.17, 15) is 13.2 Å². The number of hydrogen-bond donors (Lipinski definition) is 1.